The zero-order valence-corrected chi connectivity index (χ0v) is 11.9. The van der Waals surface area contributed by atoms with Crippen LogP contribution in [-0.4, -0.2) is 16.2 Å². The lowest BCUT2D eigenvalue weighted by atomic mass is 9.77. The van der Waals surface area contributed by atoms with E-state index in [2.05, 4.69) is 53.4 Å². The van der Waals surface area contributed by atoms with Gasteiger partial charge in [-0.2, -0.15) is 0 Å². The molecule has 13 heavy (non-hydrogen) atoms. The minimum atomic E-state index is -0.133. The summed E-state index contributed by atoms with van der Waals surface area (Å²) in [7, 11) is -0.133. The first-order valence-electron chi connectivity index (χ1n) is 5.40. The summed E-state index contributed by atoms with van der Waals surface area (Å²) < 4.78 is 0. The van der Waals surface area contributed by atoms with Gasteiger partial charge in [0.1, 0.15) is 0 Å². The van der Waals surface area contributed by atoms with Crippen molar-refractivity contribution in [3.63, 3.8) is 0 Å². The molecule has 2 heteroatoms. The Morgan fingerprint density at radius 2 is 1.38 bits per heavy atom. The third-order valence-corrected chi connectivity index (χ3v) is 6.34. The second kappa shape index (κ2) is 4.60. The quantitative estimate of drug-likeness (QED) is 0.692. The zero-order chi connectivity index (χ0) is 10.7. The Morgan fingerprint density at radius 1 is 1.00 bits per heavy atom. The highest BCUT2D eigenvalue weighted by molar-refractivity contribution is 6.35. The smallest absolute Gasteiger partial charge is 0.0957 e. The highest BCUT2D eigenvalue weighted by atomic mass is 28.2. The van der Waals surface area contributed by atoms with E-state index < -0.39 is 0 Å². The van der Waals surface area contributed by atoms with E-state index in [0.29, 0.717) is 10.8 Å². The molecule has 0 aromatic carbocycles. The Labute approximate surface area is 86.6 Å². The minimum Gasteiger partial charge on any atom is -0.342 e. The normalized spacial score (nSPS) is 14.8. The molecule has 80 valence electrons. The standard InChI is InChI=1S/C11H27NSi/c1-8-12-13-9(10(2,3)4)11(5,6)7/h9,12H,8,13H2,1-7H3. The van der Waals surface area contributed by atoms with Crippen LogP contribution < -0.4 is 4.98 Å². The fraction of sp³-hybridized carbons (Fsp3) is 1.00. The molecule has 0 aliphatic heterocycles. The number of hydrogen-bond donors (Lipinski definition) is 1. The fourth-order valence-corrected chi connectivity index (χ4v) is 4.00. The van der Waals surface area contributed by atoms with E-state index in [9.17, 15) is 0 Å². The van der Waals surface area contributed by atoms with E-state index in [1.807, 2.05) is 0 Å². The van der Waals surface area contributed by atoms with Gasteiger partial charge >= 0.3 is 0 Å². The molecule has 1 N–H and O–H groups in total. The molecule has 0 atom stereocenters. The van der Waals surface area contributed by atoms with Gasteiger partial charge in [0.2, 0.25) is 0 Å². The highest BCUT2D eigenvalue weighted by Gasteiger charge is 2.34. The number of rotatable bonds is 3. The van der Waals surface area contributed by atoms with Crippen molar-refractivity contribution in [3.05, 3.63) is 0 Å². The zero-order valence-electron chi connectivity index (χ0n) is 10.5. The van der Waals surface area contributed by atoms with Gasteiger partial charge < -0.3 is 4.98 Å². The lowest BCUT2D eigenvalue weighted by Gasteiger charge is -2.40. The third kappa shape index (κ3) is 4.82. The Bertz CT molecular complexity index is 127. The Morgan fingerprint density at radius 3 is 1.62 bits per heavy atom. The summed E-state index contributed by atoms with van der Waals surface area (Å²) in [5.41, 5.74) is 1.76. The molecule has 0 aromatic heterocycles. The molecule has 0 bridgehead atoms. The predicted octanol–water partition coefficient (Wildman–Crippen LogP) is 2.56. The van der Waals surface area contributed by atoms with E-state index in [-0.39, 0.29) is 9.68 Å². The maximum atomic E-state index is 3.60. The minimum absolute atomic E-state index is 0.133. The van der Waals surface area contributed by atoms with Crippen LogP contribution in [0.1, 0.15) is 48.5 Å². The van der Waals surface area contributed by atoms with Gasteiger partial charge in [-0.1, -0.05) is 48.5 Å². The summed E-state index contributed by atoms with van der Waals surface area (Å²) >= 11 is 0. The molecule has 0 spiro atoms. The van der Waals surface area contributed by atoms with Crippen molar-refractivity contribution in [2.45, 2.75) is 54.0 Å². The summed E-state index contributed by atoms with van der Waals surface area (Å²) in [4.78, 5) is 3.60. The van der Waals surface area contributed by atoms with Gasteiger partial charge in [-0.15, -0.1) is 0 Å². The van der Waals surface area contributed by atoms with Crippen LogP contribution in [0.5, 0.6) is 0 Å². The average molecular weight is 201 g/mol. The van der Waals surface area contributed by atoms with Gasteiger partial charge in [-0.25, -0.2) is 0 Å². The fourth-order valence-electron chi connectivity index (χ4n) is 2.20. The lowest BCUT2D eigenvalue weighted by molar-refractivity contribution is 0.230. The van der Waals surface area contributed by atoms with E-state index >= 15 is 0 Å². The van der Waals surface area contributed by atoms with Crippen LogP contribution in [0, 0.1) is 10.8 Å². The molecule has 0 aliphatic rings. The van der Waals surface area contributed by atoms with Gasteiger partial charge in [-0.3, -0.25) is 0 Å². The van der Waals surface area contributed by atoms with Crippen LogP contribution in [0.25, 0.3) is 0 Å². The van der Waals surface area contributed by atoms with E-state index in [1.54, 1.807) is 0 Å². The summed E-state index contributed by atoms with van der Waals surface area (Å²) in [5.74, 6) is 0. The summed E-state index contributed by atoms with van der Waals surface area (Å²) in [5, 5.41) is 0. The molecule has 0 amide bonds. The van der Waals surface area contributed by atoms with Crippen molar-refractivity contribution in [2.75, 3.05) is 6.54 Å². The van der Waals surface area contributed by atoms with Crippen molar-refractivity contribution >= 4 is 9.68 Å². The van der Waals surface area contributed by atoms with Gasteiger partial charge in [0.15, 0.2) is 0 Å². The van der Waals surface area contributed by atoms with Crippen LogP contribution in [0.3, 0.4) is 0 Å². The molecule has 0 heterocycles. The van der Waals surface area contributed by atoms with E-state index in [1.165, 1.54) is 0 Å². The SMILES string of the molecule is CCN[SiH2]C(C(C)(C)C)C(C)(C)C. The monoisotopic (exact) mass is 201 g/mol. The lowest BCUT2D eigenvalue weighted by Crippen LogP contribution is -2.38. The van der Waals surface area contributed by atoms with Crippen molar-refractivity contribution in [3.8, 4) is 0 Å². The second-order valence-corrected chi connectivity index (χ2v) is 7.82. The number of nitrogens with one attached hydrogen (secondary N) is 1. The first kappa shape index (κ1) is 13.2. The van der Waals surface area contributed by atoms with Crippen LogP contribution in [-0.2, 0) is 0 Å². The van der Waals surface area contributed by atoms with Gasteiger partial charge in [0.05, 0.1) is 9.68 Å². The van der Waals surface area contributed by atoms with Crippen molar-refractivity contribution in [1.29, 1.82) is 0 Å². The van der Waals surface area contributed by atoms with Crippen LogP contribution >= 0.6 is 0 Å². The van der Waals surface area contributed by atoms with Crippen LogP contribution in [0.2, 0.25) is 5.54 Å². The summed E-state index contributed by atoms with van der Waals surface area (Å²) in [6.45, 7) is 17.5. The Hall–Kier alpha value is 0.177. The van der Waals surface area contributed by atoms with Crippen molar-refractivity contribution in [1.82, 2.24) is 4.98 Å². The molecular formula is C11H27NSi. The molecule has 0 fully saturated rings. The molecule has 0 saturated heterocycles. The van der Waals surface area contributed by atoms with Crippen molar-refractivity contribution < 1.29 is 0 Å². The van der Waals surface area contributed by atoms with Crippen molar-refractivity contribution in [2.24, 2.45) is 10.8 Å². The summed E-state index contributed by atoms with van der Waals surface area (Å²) in [6.07, 6.45) is 0. The molecule has 0 aromatic rings. The van der Waals surface area contributed by atoms with E-state index in [0.717, 1.165) is 12.1 Å². The Kier molecular flexibility index (Phi) is 4.67. The van der Waals surface area contributed by atoms with E-state index in [4.69, 9.17) is 0 Å². The van der Waals surface area contributed by atoms with Crippen LogP contribution in [0.15, 0.2) is 0 Å². The molecule has 0 unspecified atom stereocenters. The first-order chi connectivity index (χ1) is 5.69. The topological polar surface area (TPSA) is 12.0 Å². The second-order valence-electron chi connectivity index (χ2n) is 6.09. The predicted molar refractivity (Wildman–Crippen MR) is 64.9 cm³/mol. The van der Waals surface area contributed by atoms with Gasteiger partial charge in [-0.05, 0) is 22.9 Å². The molecule has 1 nitrogen and oxygen atoms in total. The maximum absolute atomic E-state index is 3.60. The highest BCUT2D eigenvalue weighted by Crippen LogP contribution is 2.43. The molecule has 0 saturated carbocycles. The maximum Gasteiger partial charge on any atom is 0.0957 e. The third-order valence-electron chi connectivity index (χ3n) is 2.69. The first-order valence-corrected chi connectivity index (χ1v) is 6.92. The summed E-state index contributed by atoms with van der Waals surface area (Å²) in [6, 6.07) is 0. The molecular weight excluding hydrogens is 174 g/mol. The molecule has 0 rings (SSSR count). The van der Waals surface area contributed by atoms with Gasteiger partial charge in [0, 0.05) is 0 Å². The van der Waals surface area contributed by atoms with Crippen LogP contribution in [0.4, 0.5) is 0 Å². The largest absolute Gasteiger partial charge is 0.342 e. The number of hydrogen-bond acceptors (Lipinski definition) is 1. The Balaban J connectivity index is 4.39. The van der Waals surface area contributed by atoms with Gasteiger partial charge in [0.25, 0.3) is 0 Å². The average Bonchev–Trinajstić information content (AvgIpc) is 1.81. The molecule has 0 aliphatic carbocycles. The molecule has 0 radical (unpaired) electrons.